The first-order chi connectivity index (χ1) is 18.2. The summed E-state index contributed by atoms with van der Waals surface area (Å²) in [7, 11) is 15.1. The SMILES string of the molecule is C.CC.CCN(C)C.CCN(CCOC)CCn1cc(CCN(C)C)c2cc(OC)ccc21.COC.O=CO. The Balaban J connectivity index is -0.000000370. The maximum absolute atomic E-state index is 8.36. The monoisotopic (exact) mass is 558 g/mol. The average Bonchev–Trinajstić information content (AvgIpc) is 3.26. The lowest BCUT2D eigenvalue weighted by Gasteiger charge is -2.20. The number of aromatic nitrogens is 1. The Labute approximate surface area is 240 Å². The third-order valence-corrected chi connectivity index (χ3v) is 5.35. The molecule has 39 heavy (non-hydrogen) atoms. The predicted molar refractivity (Wildman–Crippen MR) is 169 cm³/mol. The first kappa shape index (κ1) is 43.9. The van der Waals surface area contributed by atoms with Crippen molar-refractivity contribution < 1.29 is 24.1 Å². The molecule has 0 aliphatic carbocycles. The summed E-state index contributed by atoms with van der Waals surface area (Å²) in [4.78, 5) is 15.1. The molecule has 2 rings (SSSR count). The standard InChI is InChI=1S/C20H33N3O2.C4H11N.C2H6O.C2H6.CH2O2.CH4/c1-6-22(13-14-24-4)11-12-23-16-17(9-10-21(2)3)19-15-18(25-5)7-8-20(19)23;1-4-5(2)3;1-3-2;1-2;2-1-3;/h7-8,15-16H,6,9-14H2,1-5H3;4H2,1-3H3;1-2H3;1-2H3;1H,(H,2,3);1H4. The smallest absolute Gasteiger partial charge is 0.290 e. The van der Waals surface area contributed by atoms with Crippen LogP contribution in [-0.4, -0.2) is 127 Å². The van der Waals surface area contributed by atoms with Crippen molar-refractivity contribution in [1.29, 1.82) is 0 Å². The zero-order valence-electron chi connectivity index (χ0n) is 26.4. The zero-order chi connectivity index (χ0) is 29.9. The number of rotatable bonds is 12. The lowest BCUT2D eigenvalue weighted by Crippen LogP contribution is -2.30. The van der Waals surface area contributed by atoms with Crippen LogP contribution in [0.3, 0.4) is 0 Å². The van der Waals surface area contributed by atoms with E-state index in [1.807, 2.05) is 13.8 Å². The van der Waals surface area contributed by atoms with Gasteiger partial charge in [0.25, 0.3) is 6.47 Å². The van der Waals surface area contributed by atoms with Gasteiger partial charge in [-0.1, -0.05) is 35.1 Å². The predicted octanol–water partition coefficient (Wildman–Crippen LogP) is 4.92. The Kier molecular flexibility index (Phi) is 34.2. The van der Waals surface area contributed by atoms with Crippen LogP contribution in [0.15, 0.2) is 24.4 Å². The van der Waals surface area contributed by atoms with E-state index in [1.54, 1.807) is 28.4 Å². The van der Waals surface area contributed by atoms with Gasteiger partial charge in [0.15, 0.2) is 0 Å². The van der Waals surface area contributed by atoms with Gasteiger partial charge in [-0.3, -0.25) is 9.69 Å². The van der Waals surface area contributed by atoms with Crippen LogP contribution in [0, 0.1) is 0 Å². The Bertz CT molecular complexity index is 782. The van der Waals surface area contributed by atoms with Crippen molar-refractivity contribution in [3.63, 3.8) is 0 Å². The van der Waals surface area contributed by atoms with Crippen molar-refractivity contribution in [2.75, 3.05) is 96.0 Å². The quantitative estimate of drug-likeness (QED) is 0.368. The molecule has 0 fully saturated rings. The highest BCUT2D eigenvalue weighted by Crippen LogP contribution is 2.26. The van der Waals surface area contributed by atoms with Crippen LogP contribution in [0.1, 0.15) is 40.7 Å². The molecule has 9 heteroatoms. The minimum absolute atomic E-state index is 0. The summed E-state index contributed by atoms with van der Waals surface area (Å²) >= 11 is 0. The molecule has 0 spiro atoms. The molecule has 0 aliphatic rings. The number of benzene rings is 1. The van der Waals surface area contributed by atoms with Gasteiger partial charge in [0.05, 0.1) is 13.7 Å². The number of hydrogen-bond acceptors (Lipinski definition) is 7. The summed E-state index contributed by atoms with van der Waals surface area (Å²) in [6.45, 7) is 15.1. The Hall–Kier alpha value is -2.17. The third kappa shape index (κ3) is 22.4. The van der Waals surface area contributed by atoms with Gasteiger partial charge in [0.1, 0.15) is 5.75 Å². The van der Waals surface area contributed by atoms with E-state index in [1.165, 1.54) is 16.5 Å². The Morgan fingerprint density at radius 1 is 0.923 bits per heavy atom. The molecule has 1 N–H and O–H groups in total. The molecule has 0 bridgehead atoms. The van der Waals surface area contributed by atoms with E-state index >= 15 is 0 Å². The third-order valence-electron chi connectivity index (χ3n) is 5.35. The summed E-state index contributed by atoms with van der Waals surface area (Å²) in [5.41, 5.74) is 2.68. The fraction of sp³-hybridized carbons (Fsp3) is 0.700. The minimum atomic E-state index is -0.250. The molecule has 0 atom stereocenters. The highest BCUT2D eigenvalue weighted by atomic mass is 16.5. The molecule has 9 nitrogen and oxygen atoms in total. The normalized spacial score (nSPS) is 9.72. The number of methoxy groups -OCH3 is 3. The summed E-state index contributed by atoms with van der Waals surface area (Å²) in [5.74, 6) is 0.923. The van der Waals surface area contributed by atoms with Crippen molar-refractivity contribution in [2.24, 2.45) is 0 Å². The van der Waals surface area contributed by atoms with Gasteiger partial charge < -0.3 is 33.7 Å². The van der Waals surface area contributed by atoms with E-state index in [0.717, 1.165) is 58.0 Å². The van der Waals surface area contributed by atoms with Crippen molar-refractivity contribution in [3.8, 4) is 5.75 Å². The summed E-state index contributed by atoms with van der Waals surface area (Å²) in [6, 6.07) is 6.40. The molecular weight excluding hydrogens is 496 g/mol. The van der Waals surface area contributed by atoms with E-state index < -0.39 is 0 Å². The average molecular weight is 559 g/mol. The lowest BCUT2D eigenvalue weighted by atomic mass is 10.1. The Morgan fingerprint density at radius 2 is 1.46 bits per heavy atom. The van der Waals surface area contributed by atoms with Gasteiger partial charge in [0, 0.05) is 64.6 Å². The number of ether oxygens (including phenoxy) is 3. The fourth-order valence-corrected chi connectivity index (χ4v) is 3.10. The van der Waals surface area contributed by atoms with E-state index in [4.69, 9.17) is 19.4 Å². The maximum Gasteiger partial charge on any atom is 0.290 e. The number of likely N-dealkylation sites (N-methyl/N-ethyl adjacent to an activating group) is 2. The van der Waals surface area contributed by atoms with Gasteiger partial charge in [-0.25, -0.2) is 0 Å². The van der Waals surface area contributed by atoms with Gasteiger partial charge in [-0.05, 0) is 71.5 Å². The van der Waals surface area contributed by atoms with Gasteiger partial charge >= 0.3 is 0 Å². The Morgan fingerprint density at radius 3 is 1.87 bits per heavy atom. The zero-order valence-corrected chi connectivity index (χ0v) is 26.4. The molecule has 0 amide bonds. The maximum atomic E-state index is 8.36. The molecule has 0 saturated carbocycles. The van der Waals surface area contributed by atoms with Crippen molar-refractivity contribution >= 4 is 17.4 Å². The number of hydrogen-bond donors (Lipinski definition) is 1. The summed E-state index contributed by atoms with van der Waals surface area (Å²) in [6.07, 6.45) is 3.36. The van der Waals surface area contributed by atoms with Crippen LogP contribution >= 0.6 is 0 Å². The first-order valence-corrected chi connectivity index (χ1v) is 13.3. The van der Waals surface area contributed by atoms with E-state index in [-0.39, 0.29) is 13.9 Å². The van der Waals surface area contributed by atoms with Crippen molar-refractivity contribution in [2.45, 2.75) is 48.1 Å². The molecule has 1 aromatic heterocycles. The molecule has 0 aliphatic heterocycles. The molecule has 2 aromatic rings. The molecular formula is C30H62N4O5. The van der Waals surface area contributed by atoms with E-state index in [0.29, 0.717) is 0 Å². The number of nitrogens with zero attached hydrogens (tertiary/aromatic N) is 4. The topological polar surface area (TPSA) is 79.6 Å². The lowest BCUT2D eigenvalue weighted by molar-refractivity contribution is -0.122. The number of fused-ring (bicyclic) bond motifs is 1. The van der Waals surface area contributed by atoms with Crippen LogP contribution in [0.4, 0.5) is 0 Å². The van der Waals surface area contributed by atoms with Gasteiger partial charge in [-0.2, -0.15) is 0 Å². The molecule has 1 aromatic carbocycles. The molecule has 0 saturated heterocycles. The van der Waals surface area contributed by atoms with E-state index in [9.17, 15) is 0 Å². The van der Waals surface area contributed by atoms with Crippen LogP contribution < -0.4 is 4.74 Å². The van der Waals surface area contributed by atoms with Gasteiger partial charge in [-0.15, -0.1) is 0 Å². The van der Waals surface area contributed by atoms with Crippen molar-refractivity contribution in [3.05, 3.63) is 30.0 Å². The van der Waals surface area contributed by atoms with Crippen LogP contribution in [0.5, 0.6) is 5.75 Å². The molecule has 1 heterocycles. The van der Waals surface area contributed by atoms with Crippen LogP contribution in [-0.2, 0) is 27.2 Å². The number of carbonyl (C=O) groups is 1. The highest BCUT2D eigenvalue weighted by Gasteiger charge is 2.11. The van der Waals surface area contributed by atoms with Crippen molar-refractivity contribution in [1.82, 2.24) is 19.3 Å². The summed E-state index contributed by atoms with van der Waals surface area (Å²) in [5, 5.41) is 8.20. The molecule has 232 valence electrons. The minimum Gasteiger partial charge on any atom is -0.497 e. The largest absolute Gasteiger partial charge is 0.497 e. The second-order valence-corrected chi connectivity index (χ2v) is 8.62. The highest BCUT2D eigenvalue weighted by molar-refractivity contribution is 5.85. The fourth-order valence-electron chi connectivity index (χ4n) is 3.10. The second kappa shape index (κ2) is 30.4. The number of carboxylic acid groups (broad SMARTS) is 1. The van der Waals surface area contributed by atoms with Crippen LogP contribution in [0.25, 0.3) is 10.9 Å². The molecule has 0 radical (unpaired) electrons. The van der Waals surface area contributed by atoms with E-state index in [2.05, 4.69) is 90.4 Å². The summed E-state index contributed by atoms with van der Waals surface area (Å²) < 4.78 is 17.3. The molecule has 0 unspecified atom stereocenters. The van der Waals surface area contributed by atoms with Gasteiger partial charge in [0.2, 0.25) is 0 Å². The second-order valence-electron chi connectivity index (χ2n) is 8.62. The van der Waals surface area contributed by atoms with Crippen LogP contribution in [0.2, 0.25) is 0 Å². The first-order valence-electron chi connectivity index (χ1n) is 13.3.